The van der Waals surface area contributed by atoms with Gasteiger partial charge in [0.2, 0.25) is 0 Å². The summed E-state index contributed by atoms with van der Waals surface area (Å²) in [5, 5.41) is 3.39. The third-order valence-electron chi connectivity index (χ3n) is 2.29. The van der Waals surface area contributed by atoms with Crippen LogP contribution >= 0.6 is 12.4 Å². The Morgan fingerprint density at radius 3 is 2.41 bits per heavy atom. The third-order valence-corrected chi connectivity index (χ3v) is 2.29. The number of nitrogens with one attached hydrogen (secondary N) is 1. The maximum absolute atomic E-state index is 5.69. The summed E-state index contributed by atoms with van der Waals surface area (Å²) in [5.41, 5.74) is 1.53. The van der Waals surface area contributed by atoms with Crippen molar-refractivity contribution in [2.45, 2.75) is 27.7 Å². The third kappa shape index (κ3) is 7.24. The van der Waals surface area contributed by atoms with Gasteiger partial charge in [0.05, 0.1) is 0 Å². The summed E-state index contributed by atoms with van der Waals surface area (Å²) in [6.07, 6.45) is 0. The maximum atomic E-state index is 5.69. The Bertz CT molecular complexity index is 320. The van der Waals surface area contributed by atoms with Gasteiger partial charge in [-0.25, -0.2) is 0 Å². The zero-order valence-corrected chi connectivity index (χ0v) is 12.1. The molecule has 2 nitrogen and oxygen atoms in total. The average Bonchev–Trinajstić information content (AvgIpc) is 2.18. The summed E-state index contributed by atoms with van der Waals surface area (Å²) >= 11 is 0. The van der Waals surface area contributed by atoms with E-state index in [1.54, 1.807) is 0 Å². The highest BCUT2D eigenvalue weighted by Gasteiger charge is 2.08. The van der Waals surface area contributed by atoms with E-state index >= 15 is 0 Å². The molecular formula is C14H24ClNO. The van der Waals surface area contributed by atoms with E-state index < -0.39 is 0 Å². The summed E-state index contributed by atoms with van der Waals surface area (Å²) in [4.78, 5) is 0. The lowest BCUT2D eigenvalue weighted by molar-refractivity contribution is 0.295. The Balaban J connectivity index is 0.00000256. The van der Waals surface area contributed by atoms with Crippen LogP contribution in [-0.4, -0.2) is 19.7 Å². The second kappa shape index (κ2) is 7.57. The normalized spacial score (nSPS) is 10.8. The van der Waals surface area contributed by atoms with Crippen LogP contribution in [-0.2, 0) is 0 Å². The molecule has 3 heteroatoms. The summed E-state index contributed by atoms with van der Waals surface area (Å²) in [5.74, 6) is 0.986. The highest BCUT2D eigenvalue weighted by atomic mass is 35.5. The highest BCUT2D eigenvalue weighted by molar-refractivity contribution is 5.85. The van der Waals surface area contributed by atoms with E-state index in [-0.39, 0.29) is 12.4 Å². The van der Waals surface area contributed by atoms with E-state index in [1.165, 1.54) is 5.56 Å². The number of rotatable bonds is 5. The molecule has 0 spiro atoms. The molecule has 0 bridgehead atoms. The molecule has 0 fully saturated rings. The van der Waals surface area contributed by atoms with Gasteiger partial charge >= 0.3 is 0 Å². The van der Waals surface area contributed by atoms with Gasteiger partial charge in [0.1, 0.15) is 12.4 Å². The molecule has 0 heterocycles. The molecule has 0 saturated heterocycles. The van der Waals surface area contributed by atoms with Crippen LogP contribution in [0.5, 0.6) is 5.75 Å². The van der Waals surface area contributed by atoms with Crippen LogP contribution in [0, 0.1) is 12.3 Å². The number of benzene rings is 1. The van der Waals surface area contributed by atoms with E-state index in [4.69, 9.17) is 4.74 Å². The fourth-order valence-electron chi connectivity index (χ4n) is 1.41. The fourth-order valence-corrected chi connectivity index (χ4v) is 1.41. The van der Waals surface area contributed by atoms with E-state index in [2.05, 4.69) is 39.1 Å². The van der Waals surface area contributed by atoms with Crippen molar-refractivity contribution in [3.63, 3.8) is 0 Å². The Labute approximate surface area is 111 Å². The van der Waals surface area contributed by atoms with E-state index in [1.807, 2.05) is 18.2 Å². The molecule has 1 N–H and O–H groups in total. The molecule has 0 saturated carbocycles. The molecule has 1 aromatic rings. The lowest BCUT2D eigenvalue weighted by atomic mass is 9.97. The van der Waals surface area contributed by atoms with Crippen LogP contribution in [0.1, 0.15) is 26.3 Å². The van der Waals surface area contributed by atoms with Gasteiger partial charge < -0.3 is 10.1 Å². The van der Waals surface area contributed by atoms with Crippen molar-refractivity contribution < 1.29 is 4.74 Å². The first-order valence-electron chi connectivity index (χ1n) is 5.88. The van der Waals surface area contributed by atoms with Crippen LogP contribution in [0.25, 0.3) is 0 Å². The van der Waals surface area contributed by atoms with Crippen molar-refractivity contribution in [1.29, 1.82) is 0 Å². The van der Waals surface area contributed by atoms with E-state index in [0.29, 0.717) is 5.41 Å². The van der Waals surface area contributed by atoms with Gasteiger partial charge in [-0.05, 0) is 24.0 Å². The molecule has 1 rings (SSSR count). The lowest BCUT2D eigenvalue weighted by Gasteiger charge is -2.18. The number of aryl methyl sites for hydroxylation is 1. The summed E-state index contributed by atoms with van der Waals surface area (Å²) < 4.78 is 5.69. The Kier molecular flexibility index (Phi) is 7.24. The van der Waals surface area contributed by atoms with Gasteiger partial charge in [-0.15, -0.1) is 12.4 Å². The largest absolute Gasteiger partial charge is 0.492 e. The standard InChI is InChI=1S/C14H23NO.ClH/c1-12-7-5-6-8-13(12)16-10-9-15-11-14(2,3)4;/h5-8,15H,9-11H2,1-4H3;1H. The molecule has 0 atom stereocenters. The van der Waals surface area contributed by atoms with Gasteiger partial charge in [-0.2, -0.15) is 0 Å². The van der Waals surface area contributed by atoms with Crippen LogP contribution < -0.4 is 10.1 Å². The Morgan fingerprint density at radius 1 is 1.18 bits per heavy atom. The minimum atomic E-state index is 0. The van der Waals surface area contributed by atoms with E-state index in [9.17, 15) is 0 Å². The molecule has 0 aliphatic heterocycles. The van der Waals surface area contributed by atoms with Gasteiger partial charge in [-0.3, -0.25) is 0 Å². The van der Waals surface area contributed by atoms with Crippen molar-refractivity contribution in [2.75, 3.05) is 19.7 Å². The van der Waals surface area contributed by atoms with Crippen LogP contribution in [0.15, 0.2) is 24.3 Å². The molecule has 1 aromatic carbocycles. The van der Waals surface area contributed by atoms with Gasteiger partial charge in [0, 0.05) is 13.1 Å². The summed E-state index contributed by atoms with van der Waals surface area (Å²) in [7, 11) is 0. The van der Waals surface area contributed by atoms with Crippen molar-refractivity contribution in [2.24, 2.45) is 5.41 Å². The zero-order chi connectivity index (χ0) is 12.0. The van der Waals surface area contributed by atoms with Crippen molar-refractivity contribution in [3.8, 4) is 5.75 Å². The molecule has 17 heavy (non-hydrogen) atoms. The predicted octanol–water partition coefficient (Wildman–Crippen LogP) is 3.43. The Hall–Kier alpha value is -0.730. The topological polar surface area (TPSA) is 21.3 Å². The van der Waals surface area contributed by atoms with Crippen molar-refractivity contribution in [3.05, 3.63) is 29.8 Å². The van der Waals surface area contributed by atoms with Crippen LogP contribution in [0.2, 0.25) is 0 Å². The average molecular weight is 258 g/mol. The molecule has 0 radical (unpaired) electrons. The van der Waals surface area contributed by atoms with Crippen molar-refractivity contribution in [1.82, 2.24) is 5.32 Å². The minimum Gasteiger partial charge on any atom is -0.492 e. The molecule has 0 aliphatic rings. The molecule has 0 aromatic heterocycles. The lowest BCUT2D eigenvalue weighted by Crippen LogP contribution is -2.30. The smallest absolute Gasteiger partial charge is 0.122 e. The second-order valence-corrected chi connectivity index (χ2v) is 5.35. The second-order valence-electron chi connectivity index (χ2n) is 5.35. The molecular weight excluding hydrogens is 234 g/mol. The zero-order valence-electron chi connectivity index (χ0n) is 11.2. The first-order valence-corrected chi connectivity index (χ1v) is 5.88. The van der Waals surface area contributed by atoms with Gasteiger partial charge in [0.25, 0.3) is 0 Å². The first-order chi connectivity index (χ1) is 7.49. The first kappa shape index (κ1) is 16.3. The van der Waals surface area contributed by atoms with Gasteiger partial charge in [0.15, 0.2) is 0 Å². The summed E-state index contributed by atoms with van der Waals surface area (Å²) in [6.45, 7) is 11.4. The fraction of sp³-hybridized carbons (Fsp3) is 0.571. The number of hydrogen-bond donors (Lipinski definition) is 1. The quantitative estimate of drug-likeness (QED) is 0.816. The van der Waals surface area contributed by atoms with Crippen LogP contribution in [0.3, 0.4) is 0 Å². The number of hydrogen-bond acceptors (Lipinski definition) is 2. The number of ether oxygens (including phenoxy) is 1. The van der Waals surface area contributed by atoms with E-state index in [0.717, 1.165) is 25.4 Å². The highest BCUT2D eigenvalue weighted by Crippen LogP contribution is 2.15. The van der Waals surface area contributed by atoms with Gasteiger partial charge in [-0.1, -0.05) is 39.0 Å². The predicted molar refractivity (Wildman–Crippen MR) is 76.2 cm³/mol. The minimum absolute atomic E-state index is 0. The molecule has 98 valence electrons. The molecule has 0 unspecified atom stereocenters. The number of halogens is 1. The SMILES string of the molecule is Cc1ccccc1OCCNCC(C)(C)C.Cl. The monoisotopic (exact) mass is 257 g/mol. The van der Waals surface area contributed by atoms with Crippen molar-refractivity contribution >= 4 is 12.4 Å². The summed E-state index contributed by atoms with van der Waals surface area (Å²) in [6, 6.07) is 8.11. The van der Waals surface area contributed by atoms with Crippen LogP contribution in [0.4, 0.5) is 0 Å². The number of para-hydroxylation sites is 1. The maximum Gasteiger partial charge on any atom is 0.122 e. The molecule has 0 aliphatic carbocycles. The molecule has 0 amide bonds. The Morgan fingerprint density at radius 2 is 1.82 bits per heavy atom.